The highest BCUT2D eigenvalue weighted by Crippen LogP contribution is 2.32. The van der Waals surface area contributed by atoms with Gasteiger partial charge < -0.3 is 19.4 Å². The molecule has 0 radical (unpaired) electrons. The fourth-order valence-corrected chi connectivity index (χ4v) is 4.38. The summed E-state index contributed by atoms with van der Waals surface area (Å²) in [5.74, 6) is 1.57. The Hall–Kier alpha value is -3.20. The Morgan fingerprint density at radius 2 is 2.10 bits per heavy atom. The van der Waals surface area contributed by atoms with Gasteiger partial charge in [0.25, 0.3) is 5.91 Å². The molecule has 0 spiro atoms. The van der Waals surface area contributed by atoms with Crippen molar-refractivity contribution >= 4 is 11.7 Å². The Balaban J connectivity index is 1.38. The maximum Gasteiger partial charge on any atom is 0.263 e. The second kappa shape index (κ2) is 8.14. The van der Waals surface area contributed by atoms with E-state index < -0.39 is 0 Å². The summed E-state index contributed by atoms with van der Waals surface area (Å²) in [6, 6.07) is 6.21. The molecule has 9 nitrogen and oxygen atoms in total. The van der Waals surface area contributed by atoms with E-state index in [0.29, 0.717) is 36.5 Å². The third-order valence-corrected chi connectivity index (χ3v) is 6.05. The molecule has 31 heavy (non-hydrogen) atoms. The largest absolute Gasteiger partial charge is 0.479 e. The molecular formula is C22H26N6O3. The molecule has 2 aliphatic heterocycles. The van der Waals surface area contributed by atoms with Crippen molar-refractivity contribution in [1.82, 2.24) is 24.3 Å². The number of aryl methyl sites for hydroxylation is 1. The van der Waals surface area contributed by atoms with Crippen LogP contribution in [0.4, 0.5) is 5.82 Å². The minimum absolute atomic E-state index is 0.205. The number of carbonyl (C=O) groups is 1. The molecule has 5 heterocycles. The van der Waals surface area contributed by atoms with Crippen LogP contribution in [-0.4, -0.2) is 50.5 Å². The van der Waals surface area contributed by atoms with Gasteiger partial charge in [-0.3, -0.25) is 9.48 Å². The van der Waals surface area contributed by atoms with Gasteiger partial charge in [0.15, 0.2) is 0 Å². The van der Waals surface area contributed by atoms with Crippen molar-refractivity contribution in [2.75, 3.05) is 25.6 Å². The fourth-order valence-electron chi connectivity index (χ4n) is 4.38. The molecule has 0 bridgehead atoms. The molecule has 162 valence electrons. The summed E-state index contributed by atoms with van der Waals surface area (Å²) < 4.78 is 14.8. The third-order valence-electron chi connectivity index (χ3n) is 6.05. The molecule has 9 heteroatoms. The van der Waals surface area contributed by atoms with E-state index in [4.69, 9.17) is 9.47 Å². The van der Waals surface area contributed by atoms with E-state index in [1.807, 2.05) is 23.0 Å². The first-order valence-corrected chi connectivity index (χ1v) is 10.7. The molecule has 1 fully saturated rings. The number of rotatable bonds is 5. The molecule has 1 unspecified atom stereocenters. The van der Waals surface area contributed by atoms with Crippen molar-refractivity contribution in [2.45, 2.75) is 44.7 Å². The molecule has 0 aromatic carbocycles. The maximum atomic E-state index is 13.0. The predicted molar refractivity (Wildman–Crippen MR) is 114 cm³/mol. The first-order valence-electron chi connectivity index (χ1n) is 10.7. The highest BCUT2D eigenvalue weighted by atomic mass is 16.5. The van der Waals surface area contributed by atoms with Crippen LogP contribution >= 0.6 is 0 Å². The first-order chi connectivity index (χ1) is 15.1. The molecule has 0 saturated carbocycles. The van der Waals surface area contributed by atoms with Crippen molar-refractivity contribution in [3.8, 4) is 17.3 Å². The maximum absolute atomic E-state index is 13.0. The number of aromatic nitrogens is 5. The number of imidazole rings is 1. The fraction of sp³-hybridized carbons (Fsp3) is 0.455. The summed E-state index contributed by atoms with van der Waals surface area (Å²) in [6.07, 6.45) is 7.41. The van der Waals surface area contributed by atoms with Crippen LogP contribution in [0.15, 0.2) is 30.6 Å². The van der Waals surface area contributed by atoms with Gasteiger partial charge in [-0.1, -0.05) is 6.07 Å². The highest BCUT2D eigenvalue weighted by Gasteiger charge is 2.25. The number of pyridine rings is 1. The van der Waals surface area contributed by atoms with Crippen LogP contribution < -0.4 is 10.1 Å². The number of nitrogens with one attached hydrogen (secondary N) is 1. The number of nitrogens with zero attached hydrogens (tertiary/aromatic N) is 5. The van der Waals surface area contributed by atoms with Gasteiger partial charge in [-0.25, -0.2) is 9.97 Å². The molecular weight excluding hydrogens is 396 g/mol. The van der Waals surface area contributed by atoms with Crippen LogP contribution in [0.5, 0.6) is 5.88 Å². The van der Waals surface area contributed by atoms with E-state index in [1.54, 1.807) is 12.3 Å². The van der Waals surface area contributed by atoms with Crippen LogP contribution in [-0.2, 0) is 11.2 Å². The van der Waals surface area contributed by atoms with Crippen molar-refractivity contribution in [2.24, 2.45) is 0 Å². The summed E-state index contributed by atoms with van der Waals surface area (Å²) >= 11 is 0. The molecule has 2 aliphatic rings. The molecule has 0 aliphatic carbocycles. The van der Waals surface area contributed by atoms with Crippen LogP contribution in [0.3, 0.4) is 0 Å². The van der Waals surface area contributed by atoms with Crippen molar-refractivity contribution in [3.05, 3.63) is 42.0 Å². The molecule has 3 aromatic heterocycles. The van der Waals surface area contributed by atoms with Gasteiger partial charge >= 0.3 is 0 Å². The van der Waals surface area contributed by atoms with Gasteiger partial charge in [0.05, 0.1) is 30.7 Å². The van der Waals surface area contributed by atoms with E-state index >= 15 is 0 Å². The molecule has 1 N–H and O–H groups in total. The summed E-state index contributed by atoms with van der Waals surface area (Å²) in [5, 5.41) is 7.36. The third kappa shape index (κ3) is 3.69. The molecule has 1 saturated heterocycles. The predicted octanol–water partition coefficient (Wildman–Crippen LogP) is 3.26. The van der Waals surface area contributed by atoms with E-state index in [9.17, 15) is 4.79 Å². The number of anilines is 1. The van der Waals surface area contributed by atoms with Crippen LogP contribution in [0.25, 0.3) is 11.4 Å². The van der Waals surface area contributed by atoms with Crippen molar-refractivity contribution in [1.29, 1.82) is 0 Å². The Bertz CT molecular complexity index is 1100. The summed E-state index contributed by atoms with van der Waals surface area (Å²) in [6.45, 7) is 3.58. The van der Waals surface area contributed by atoms with Crippen LogP contribution in [0, 0.1) is 0 Å². The number of ether oxygens (including phenoxy) is 2. The lowest BCUT2D eigenvalue weighted by Gasteiger charge is -2.22. The lowest BCUT2D eigenvalue weighted by molar-refractivity contribution is 0.0659. The van der Waals surface area contributed by atoms with Crippen LogP contribution in [0.1, 0.15) is 54.5 Å². The normalized spacial score (nSPS) is 18.7. The average Bonchev–Trinajstić information content (AvgIpc) is 3.51. The first kappa shape index (κ1) is 19.7. The molecule has 5 rings (SSSR count). The zero-order valence-electron chi connectivity index (χ0n) is 17.7. The zero-order chi connectivity index (χ0) is 21.4. The second-order valence-corrected chi connectivity index (χ2v) is 8.06. The Morgan fingerprint density at radius 3 is 2.90 bits per heavy atom. The number of carbonyl (C=O) groups excluding carboxylic acids is 1. The van der Waals surface area contributed by atoms with Crippen LogP contribution in [0.2, 0.25) is 0 Å². The smallest absolute Gasteiger partial charge is 0.263 e. The minimum Gasteiger partial charge on any atom is -0.479 e. The lowest BCUT2D eigenvalue weighted by atomic mass is 10.1. The monoisotopic (exact) mass is 422 g/mol. The van der Waals surface area contributed by atoms with E-state index in [0.717, 1.165) is 42.9 Å². The molecule has 1 atom stereocenters. The standard InChI is InChI=1S/C22H26N6O3/c1-14-6-7-20-23-12-18(28(14)20)17-4-3-5-19(24-17)25-21(29)16-13-27(26-22(16)30-2)15-8-10-31-11-9-15/h3-5,12-15H,6-11H2,1-2H3,(H,24,25,29). The molecule has 3 aromatic rings. The van der Waals surface area contributed by atoms with E-state index in [-0.39, 0.29) is 11.9 Å². The quantitative estimate of drug-likeness (QED) is 0.678. The van der Waals surface area contributed by atoms with Gasteiger partial charge in [-0.2, -0.15) is 0 Å². The number of hydrogen-bond acceptors (Lipinski definition) is 6. The second-order valence-electron chi connectivity index (χ2n) is 8.06. The highest BCUT2D eigenvalue weighted by molar-refractivity contribution is 6.05. The van der Waals surface area contributed by atoms with Gasteiger partial charge in [0, 0.05) is 31.9 Å². The summed E-state index contributed by atoms with van der Waals surface area (Å²) in [4.78, 5) is 22.2. The summed E-state index contributed by atoms with van der Waals surface area (Å²) in [7, 11) is 1.52. The lowest BCUT2D eigenvalue weighted by Crippen LogP contribution is -2.20. The SMILES string of the molecule is COc1nn(C2CCOCC2)cc1C(=O)Nc1cccc(-c2cnc3n2C(C)CC3)n1. The Morgan fingerprint density at radius 1 is 1.26 bits per heavy atom. The van der Waals surface area contributed by atoms with Crippen molar-refractivity contribution < 1.29 is 14.3 Å². The number of methoxy groups -OCH3 is 1. The van der Waals surface area contributed by atoms with Gasteiger partial charge in [0.1, 0.15) is 17.2 Å². The Labute approximate surface area is 180 Å². The summed E-state index contributed by atoms with van der Waals surface area (Å²) in [5.41, 5.74) is 2.15. The average molecular weight is 422 g/mol. The topological polar surface area (TPSA) is 96.1 Å². The van der Waals surface area contributed by atoms with E-state index in [2.05, 4.69) is 31.9 Å². The number of amides is 1. The minimum atomic E-state index is -0.299. The van der Waals surface area contributed by atoms with Gasteiger partial charge in [-0.05, 0) is 38.3 Å². The zero-order valence-corrected chi connectivity index (χ0v) is 17.7. The van der Waals surface area contributed by atoms with Gasteiger partial charge in [0.2, 0.25) is 5.88 Å². The Kier molecular flexibility index (Phi) is 5.19. The molecule has 1 amide bonds. The number of hydrogen-bond donors (Lipinski definition) is 1. The van der Waals surface area contributed by atoms with Crippen molar-refractivity contribution in [3.63, 3.8) is 0 Å². The van der Waals surface area contributed by atoms with E-state index in [1.165, 1.54) is 7.11 Å². The van der Waals surface area contributed by atoms with Gasteiger partial charge in [-0.15, -0.1) is 5.10 Å². The number of fused-ring (bicyclic) bond motifs is 1.